The molecule has 4 aromatic rings. The second-order valence-corrected chi connectivity index (χ2v) is 7.85. The van der Waals surface area contributed by atoms with E-state index in [9.17, 15) is 13.2 Å². The largest absolute Gasteiger partial charge is 0.491 e. The van der Waals surface area contributed by atoms with Gasteiger partial charge in [0.25, 0.3) is 0 Å². The third-order valence-corrected chi connectivity index (χ3v) is 5.63. The first-order chi connectivity index (χ1) is 16.5. The molecule has 34 heavy (non-hydrogen) atoms. The van der Waals surface area contributed by atoms with Crippen LogP contribution in [0.3, 0.4) is 0 Å². The van der Waals surface area contributed by atoms with Gasteiger partial charge in [-0.3, -0.25) is 0 Å². The molecule has 174 valence electrons. The third kappa shape index (κ3) is 5.09. The SMILES string of the molecule is CCOc1ccc(-c2ccc(COc3ccc(-c4ccc(CC)cc4)c(F)c3F)cc2)cc1F. The number of aryl methyl sites for hydroxylation is 1. The molecule has 0 aromatic heterocycles. The molecule has 0 saturated heterocycles. The van der Waals surface area contributed by atoms with E-state index in [2.05, 4.69) is 0 Å². The number of hydrogen-bond acceptors (Lipinski definition) is 2. The lowest BCUT2D eigenvalue weighted by molar-refractivity contribution is 0.285. The molecule has 0 aliphatic rings. The zero-order valence-electron chi connectivity index (χ0n) is 19.1. The lowest BCUT2D eigenvalue weighted by atomic mass is 10.0. The fraction of sp³-hybridized carbons (Fsp3) is 0.172. The average Bonchev–Trinajstić information content (AvgIpc) is 2.87. The smallest absolute Gasteiger partial charge is 0.201 e. The highest BCUT2D eigenvalue weighted by Gasteiger charge is 2.16. The van der Waals surface area contributed by atoms with E-state index in [0.29, 0.717) is 17.7 Å². The molecule has 4 rings (SSSR count). The first-order valence-electron chi connectivity index (χ1n) is 11.2. The standard InChI is InChI=1S/C29H25F3O2/c1-3-19-5-11-22(12-6-19)24-14-16-27(29(32)28(24)31)34-18-20-7-9-21(10-8-20)23-13-15-26(33-4-2)25(30)17-23/h5-17H,3-4,18H2,1-2H3. The molecule has 0 unspecified atom stereocenters. The topological polar surface area (TPSA) is 18.5 Å². The summed E-state index contributed by atoms with van der Waals surface area (Å²) >= 11 is 0. The van der Waals surface area contributed by atoms with Gasteiger partial charge in [0.2, 0.25) is 5.82 Å². The molecule has 2 nitrogen and oxygen atoms in total. The number of rotatable bonds is 8. The summed E-state index contributed by atoms with van der Waals surface area (Å²) in [6.45, 7) is 4.30. The Labute approximate surface area is 197 Å². The molecule has 0 fully saturated rings. The third-order valence-electron chi connectivity index (χ3n) is 5.63. The van der Waals surface area contributed by atoms with Gasteiger partial charge in [-0.05, 0) is 65.4 Å². The minimum Gasteiger partial charge on any atom is -0.491 e. The predicted molar refractivity (Wildman–Crippen MR) is 129 cm³/mol. The van der Waals surface area contributed by atoms with E-state index in [1.54, 1.807) is 31.2 Å². The van der Waals surface area contributed by atoms with Gasteiger partial charge >= 0.3 is 0 Å². The fourth-order valence-corrected chi connectivity index (χ4v) is 3.69. The van der Waals surface area contributed by atoms with Crippen molar-refractivity contribution in [3.05, 3.63) is 107 Å². The summed E-state index contributed by atoms with van der Waals surface area (Å²) in [5, 5.41) is 0. The average molecular weight is 463 g/mol. The maximum absolute atomic E-state index is 14.7. The Kier molecular flexibility index (Phi) is 7.21. The first-order valence-corrected chi connectivity index (χ1v) is 11.2. The van der Waals surface area contributed by atoms with Gasteiger partial charge in [-0.15, -0.1) is 0 Å². The Bertz CT molecular complexity index is 1270. The molecule has 0 atom stereocenters. The molecule has 0 aliphatic heterocycles. The van der Waals surface area contributed by atoms with E-state index in [-0.39, 0.29) is 23.7 Å². The van der Waals surface area contributed by atoms with E-state index < -0.39 is 17.5 Å². The fourth-order valence-electron chi connectivity index (χ4n) is 3.69. The van der Waals surface area contributed by atoms with Crippen LogP contribution >= 0.6 is 0 Å². The Hall–Kier alpha value is -3.73. The van der Waals surface area contributed by atoms with Gasteiger partial charge in [-0.1, -0.05) is 61.5 Å². The Morgan fingerprint density at radius 3 is 1.85 bits per heavy atom. The minimum atomic E-state index is -1.02. The maximum atomic E-state index is 14.7. The molecule has 0 radical (unpaired) electrons. The van der Waals surface area contributed by atoms with Crippen molar-refractivity contribution >= 4 is 0 Å². The number of benzene rings is 4. The summed E-state index contributed by atoms with van der Waals surface area (Å²) in [5.74, 6) is -2.30. The normalized spacial score (nSPS) is 10.9. The molecule has 0 bridgehead atoms. The van der Waals surface area contributed by atoms with Crippen LogP contribution in [0.5, 0.6) is 11.5 Å². The van der Waals surface area contributed by atoms with Crippen molar-refractivity contribution in [1.82, 2.24) is 0 Å². The van der Waals surface area contributed by atoms with E-state index in [1.807, 2.05) is 43.3 Å². The van der Waals surface area contributed by atoms with Gasteiger partial charge in [0, 0.05) is 5.56 Å². The van der Waals surface area contributed by atoms with Crippen molar-refractivity contribution in [3.8, 4) is 33.8 Å². The van der Waals surface area contributed by atoms with Gasteiger partial charge in [0.15, 0.2) is 23.1 Å². The van der Waals surface area contributed by atoms with Crippen LogP contribution in [0, 0.1) is 17.5 Å². The summed E-state index contributed by atoms with van der Waals surface area (Å²) in [5.41, 5.74) is 4.24. The second-order valence-electron chi connectivity index (χ2n) is 7.85. The molecule has 0 heterocycles. The summed E-state index contributed by atoms with van der Waals surface area (Å²) in [4.78, 5) is 0. The van der Waals surface area contributed by atoms with Crippen molar-refractivity contribution in [3.63, 3.8) is 0 Å². The Morgan fingerprint density at radius 2 is 1.21 bits per heavy atom. The van der Waals surface area contributed by atoms with Crippen LogP contribution in [0.25, 0.3) is 22.3 Å². The van der Waals surface area contributed by atoms with Crippen LogP contribution < -0.4 is 9.47 Å². The number of ether oxygens (including phenoxy) is 2. The molecular weight excluding hydrogens is 437 g/mol. The zero-order chi connectivity index (χ0) is 24.1. The molecule has 5 heteroatoms. The van der Waals surface area contributed by atoms with Crippen molar-refractivity contribution in [2.24, 2.45) is 0 Å². The highest BCUT2D eigenvalue weighted by Crippen LogP contribution is 2.31. The second kappa shape index (κ2) is 10.5. The van der Waals surface area contributed by atoms with Crippen LogP contribution in [0.4, 0.5) is 13.2 Å². The predicted octanol–water partition coefficient (Wildman–Crippen LogP) is 7.98. The quantitative estimate of drug-likeness (QED) is 0.264. The Balaban J connectivity index is 1.45. The highest BCUT2D eigenvalue weighted by atomic mass is 19.2. The highest BCUT2D eigenvalue weighted by molar-refractivity contribution is 5.66. The summed E-state index contributed by atoms with van der Waals surface area (Å²) in [7, 11) is 0. The number of hydrogen-bond donors (Lipinski definition) is 0. The maximum Gasteiger partial charge on any atom is 0.201 e. The van der Waals surface area contributed by atoms with Gasteiger partial charge in [0.1, 0.15) is 6.61 Å². The van der Waals surface area contributed by atoms with E-state index in [0.717, 1.165) is 23.1 Å². The van der Waals surface area contributed by atoms with Crippen LogP contribution in [-0.2, 0) is 13.0 Å². The first kappa shape index (κ1) is 23.4. The zero-order valence-corrected chi connectivity index (χ0v) is 19.1. The minimum absolute atomic E-state index is 0.0683. The van der Waals surface area contributed by atoms with E-state index >= 15 is 0 Å². The molecule has 0 aliphatic carbocycles. The van der Waals surface area contributed by atoms with Crippen LogP contribution in [-0.4, -0.2) is 6.61 Å². The molecule has 0 amide bonds. The van der Waals surface area contributed by atoms with Crippen LogP contribution in [0.15, 0.2) is 78.9 Å². The van der Waals surface area contributed by atoms with Crippen LogP contribution in [0.1, 0.15) is 25.0 Å². The van der Waals surface area contributed by atoms with Gasteiger partial charge < -0.3 is 9.47 Å². The number of halogens is 3. The molecule has 0 saturated carbocycles. The molecular formula is C29H25F3O2. The van der Waals surface area contributed by atoms with Crippen molar-refractivity contribution in [2.45, 2.75) is 26.9 Å². The summed E-state index contributed by atoms with van der Waals surface area (Å²) < 4.78 is 54.3. The van der Waals surface area contributed by atoms with Gasteiger partial charge in [0.05, 0.1) is 6.61 Å². The monoisotopic (exact) mass is 462 g/mol. The molecule has 0 N–H and O–H groups in total. The van der Waals surface area contributed by atoms with E-state index in [1.165, 1.54) is 18.2 Å². The Morgan fingerprint density at radius 1 is 0.588 bits per heavy atom. The summed E-state index contributed by atoms with van der Waals surface area (Å²) in [6, 6.07) is 22.4. The van der Waals surface area contributed by atoms with Gasteiger partial charge in [-0.25, -0.2) is 8.78 Å². The lowest BCUT2D eigenvalue weighted by Gasteiger charge is -2.12. The van der Waals surface area contributed by atoms with E-state index in [4.69, 9.17) is 9.47 Å². The van der Waals surface area contributed by atoms with Gasteiger partial charge in [-0.2, -0.15) is 4.39 Å². The van der Waals surface area contributed by atoms with Crippen molar-refractivity contribution < 1.29 is 22.6 Å². The lowest BCUT2D eigenvalue weighted by Crippen LogP contribution is -2.00. The molecule has 4 aromatic carbocycles. The molecule has 0 spiro atoms. The van der Waals surface area contributed by atoms with Crippen LogP contribution in [0.2, 0.25) is 0 Å². The van der Waals surface area contributed by atoms with Crippen molar-refractivity contribution in [2.75, 3.05) is 6.61 Å². The summed E-state index contributed by atoms with van der Waals surface area (Å²) in [6.07, 6.45) is 0.877. The van der Waals surface area contributed by atoms with Crippen molar-refractivity contribution in [1.29, 1.82) is 0 Å².